The molecule has 0 fully saturated rings. The molecule has 0 bridgehead atoms. The molecule has 6 heteroatoms. The number of unbranched alkanes of at least 4 members (excludes halogenated alkanes) is 1. The van der Waals surface area contributed by atoms with Gasteiger partial charge in [0.2, 0.25) is 0 Å². The van der Waals surface area contributed by atoms with Crippen LogP contribution in [0.4, 0.5) is 0 Å². The van der Waals surface area contributed by atoms with E-state index in [0.717, 1.165) is 19.4 Å². The quantitative estimate of drug-likeness (QED) is 0.427. The SMILES string of the molecule is C=COC(=O)CCCCC(=O)OC=C.CC(=O)O. The fraction of sp³-hybridized carbons (Fsp3) is 0.417. The van der Waals surface area contributed by atoms with E-state index in [1.165, 1.54) is 0 Å². The van der Waals surface area contributed by atoms with Crippen molar-refractivity contribution in [3.63, 3.8) is 0 Å². The maximum Gasteiger partial charge on any atom is 0.310 e. The second-order valence-corrected chi connectivity index (χ2v) is 3.04. The van der Waals surface area contributed by atoms with Gasteiger partial charge in [-0.05, 0) is 12.8 Å². The first-order valence-electron chi connectivity index (χ1n) is 5.24. The molecule has 0 aliphatic heterocycles. The summed E-state index contributed by atoms with van der Waals surface area (Å²) >= 11 is 0. The molecule has 0 radical (unpaired) electrons. The molecule has 1 N–H and O–H groups in total. The summed E-state index contributed by atoms with van der Waals surface area (Å²) in [5.41, 5.74) is 0. The van der Waals surface area contributed by atoms with Gasteiger partial charge < -0.3 is 14.6 Å². The smallest absolute Gasteiger partial charge is 0.310 e. The molecule has 0 aromatic heterocycles. The normalized spacial score (nSPS) is 8.28. The molecule has 0 amide bonds. The van der Waals surface area contributed by atoms with Crippen LogP contribution in [0.5, 0.6) is 0 Å². The molecule has 6 nitrogen and oxygen atoms in total. The zero-order valence-electron chi connectivity index (χ0n) is 10.4. The summed E-state index contributed by atoms with van der Waals surface area (Å²) in [7, 11) is 0. The number of carbonyl (C=O) groups excluding carboxylic acids is 2. The molecule has 0 aliphatic carbocycles. The van der Waals surface area contributed by atoms with Gasteiger partial charge in [0.25, 0.3) is 5.97 Å². The monoisotopic (exact) mass is 258 g/mol. The summed E-state index contributed by atoms with van der Waals surface area (Å²) in [6.45, 7) is 7.59. The molecule has 0 unspecified atom stereocenters. The van der Waals surface area contributed by atoms with Crippen molar-refractivity contribution in [1.82, 2.24) is 0 Å². The van der Waals surface area contributed by atoms with E-state index in [0.29, 0.717) is 12.8 Å². The lowest BCUT2D eigenvalue weighted by Crippen LogP contribution is -2.01. The van der Waals surface area contributed by atoms with Gasteiger partial charge in [-0.15, -0.1) is 0 Å². The maximum atomic E-state index is 10.8. The Morgan fingerprint density at radius 2 is 1.28 bits per heavy atom. The first-order chi connectivity index (χ1) is 8.43. The summed E-state index contributed by atoms with van der Waals surface area (Å²) < 4.78 is 8.98. The van der Waals surface area contributed by atoms with Gasteiger partial charge in [0, 0.05) is 19.8 Å². The molecule has 0 atom stereocenters. The Bertz CT molecular complexity index is 267. The number of rotatable bonds is 7. The van der Waals surface area contributed by atoms with Crippen LogP contribution in [0.2, 0.25) is 0 Å². The summed E-state index contributed by atoms with van der Waals surface area (Å²) in [5.74, 6) is -1.51. The van der Waals surface area contributed by atoms with Gasteiger partial charge in [-0.25, -0.2) is 0 Å². The summed E-state index contributed by atoms with van der Waals surface area (Å²) in [5, 5.41) is 7.42. The Balaban J connectivity index is 0. The number of carboxylic acid groups (broad SMARTS) is 1. The first kappa shape index (κ1) is 18.3. The standard InChI is InChI=1S/C10H14O4.C2H4O2/c1-3-13-9(11)7-5-6-8-10(12)14-4-2;1-2(3)4/h3-4H,1-2,5-8H2;1H3,(H,3,4). The Morgan fingerprint density at radius 3 is 1.50 bits per heavy atom. The molecule has 0 aromatic carbocycles. The Morgan fingerprint density at radius 1 is 1.00 bits per heavy atom. The van der Waals surface area contributed by atoms with E-state index in [2.05, 4.69) is 22.6 Å². The van der Waals surface area contributed by atoms with E-state index in [4.69, 9.17) is 9.90 Å². The molecule has 0 heterocycles. The van der Waals surface area contributed by atoms with Crippen LogP contribution < -0.4 is 0 Å². The van der Waals surface area contributed by atoms with Gasteiger partial charge in [-0.3, -0.25) is 14.4 Å². The average Bonchev–Trinajstić information content (AvgIpc) is 2.24. The molecule has 0 rings (SSSR count). The van der Waals surface area contributed by atoms with Gasteiger partial charge in [0.1, 0.15) is 0 Å². The molecular formula is C12H18O6. The van der Waals surface area contributed by atoms with Crippen molar-refractivity contribution in [3.8, 4) is 0 Å². The lowest BCUT2D eigenvalue weighted by Gasteiger charge is -1.99. The number of esters is 2. The van der Waals surface area contributed by atoms with E-state index in [-0.39, 0.29) is 24.8 Å². The van der Waals surface area contributed by atoms with Crippen LogP contribution in [0.1, 0.15) is 32.6 Å². The third kappa shape index (κ3) is 19.5. The molecule has 0 saturated heterocycles. The van der Waals surface area contributed by atoms with Crippen LogP contribution >= 0.6 is 0 Å². The number of hydrogen-bond donors (Lipinski definition) is 1. The number of ether oxygens (including phenoxy) is 2. The van der Waals surface area contributed by atoms with Crippen molar-refractivity contribution in [1.29, 1.82) is 0 Å². The highest BCUT2D eigenvalue weighted by molar-refractivity contribution is 5.71. The molecule has 102 valence electrons. The number of aliphatic carboxylic acids is 1. The van der Waals surface area contributed by atoms with Crippen LogP contribution in [0.25, 0.3) is 0 Å². The fourth-order valence-electron chi connectivity index (χ4n) is 0.842. The van der Waals surface area contributed by atoms with Crippen molar-refractivity contribution in [3.05, 3.63) is 25.7 Å². The first-order valence-corrected chi connectivity index (χ1v) is 5.24. The Labute approximate surface area is 106 Å². The van der Waals surface area contributed by atoms with Crippen molar-refractivity contribution in [2.75, 3.05) is 0 Å². The molecule has 0 spiro atoms. The molecule has 0 aromatic rings. The topological polar surface area (TPSA) is 89.9 Å². The highest BCUT2D eigenvalue weighted by Gasteiger charge is 2.03. The summed E-state index contributed by atoms with van der Waals surface area (Å²) in [4.78, 5) is 30.6. The lowest BCUT2D eigenvalue weighted by molar-refractivity contribution is -0.140. The predicted molar refractivity (Wildman–Crippen MR) is 64.4 cm³/mol. The third-order valence-corrected chi connectivity index (χ3v) is 1.44. The van der Waals surface area contributed by atoms with Gasteiger partial charge in [0.05, 0.1) is 12.5 Å². The molecule has 0 aliphatic rings. The lowest BCUT2D eigenvalue weighted by atomic mass is 10.2. The molecule has 0 saturated carbocycles. The Hall–Kier alpha value is -2.11. The minimum absolute atomic E-state index is 0.285. The van der Waals surface area contributed by atoms with Crippen LogP contribution in [-0.2, 0) is 23.9 Å². The van der Waals surface area contributed by atoms with Gasteiger partial charge in [-0.2, -0.15) is 0 Å². The zero-order chi connectivity index (χ0) is 14.4. The molecular weight excluding hydrogens is 240 g/mol. The second-order valence-electron chi connectivity index (χ2n) is 3.04. The number of carboxylic acids is 1. The Kier molecular flexibility index (Phi) is 13.1. The zero-order valence-corrected chi connectivity index (χ0v) is 10.4. The van der Waals surface area contributed by atoms with E-state index >= 15 is 0 Å². The predicted octanol–water partition coefficient (Wildman–Crippen LogP) is 2.01. The van der Waals surface area contributed by atoms with Crippen molar-refractivity contribution in [2.45, 2.75) is 32.6 Å². The number of carbonyl (C=O) groups is 3. The largest absolute Gasteiger partial charge is 0.481 e. The van der Waals surface area contributed by atoms with Crippen molar-refractivity contribution < 1.29 is 29.0 Å². The van der Waals surface area contributed by atoms with E-state index < -0.39 is 5.97 Å². The van der Waals surface area contributed by atoms with Gasteiger partial charge in [-0.1, -0.05) is 13.2 Å². The van der Waals surface area contributed by atoms with Crippen LogP contribution in [0.3, 0.4) is 0 Å². The molecule has 18 heavy (non-hydrogen) atoms. The van der Waals surface area contributed by atoms with Crippen LogP contribution in [0, 0.1) is 0 Å². The van der Waals surface area contributed by atoms with E-state index in [9.17, 15) is 9.59 Å². The van der Waals surface area contributed by atoms with Crippen molar-refractivity contribution >= 4 is 17.9 Å². The van der Waals surface area contributed by atoms with Gasteiger partial charge in [0.15, 0.2) is 0 Å². The highest BCUT2D eigenvalue weighted by Crippen LogP contribution is 2.02. The highest BCUT2D eigenvalue weighted by atomic mass is 16.5. The fourth-order valence-corrected chi connectivity index (χ4v) is 0.842. The van der Waals surface area contributed by atoms with Crippen molar-refractivity contribution in [2.24, 2.45) is 0 Å². The maximum absolute atomic E-state index is 10.8. The second kappa shape index (κ2) is 13.0. The summed E-state index contributed by atoms with van der Waals surface area (Å²) in [6, 6.07) is 0. The summed E-state index contributed by atoms with van der Waals surface area (Å²) in [6.07, 6.45) is 3.95. The van der Waals surface area contributed by atoms with Crippen LogP contribution in [-0.4, -0.2) is 23.0 Å². The van der Waals surface area contributed by atoms with E-state index in [1.807, 2.05) is 0 Å². The minimum atomic E-state index is -0.833. The van der Waals surface area contributed by atoms with Gasteiger partial charge >= 0.3 is 11.9 Å². The van der Waals surface area contributed by atoms with Crippen LogP contribution in [0.15, 0.2) is 25.7 Å². The minimum Gasteiger partial charge on any atom is -0.481 e. The van der Waals surface area contributed by atoms with E-state index in [1.54, 1.807) is 0 Å². The average molecular weight is 258 g/mol. The third-order valence-electron chi connectivity index (χ3n) is 1.44. The number of hydrogen-bond acceptors (Lipinski definition) is 5.